The van der Waals surface area contributed by atoms with E-state index in [4.69, 9.17) is 23.7 Å². The van der Waals surface area contributed by atoms with E-state index in [1.807, 2.05) is 0 Å². The van der Waals surface area contributed by atoms with Crippen LogP contribution in [0.2, 0.25) is 0 Å². The van der Waals surface area contributed by atoms with Gasteiger partial charge in [0, 0.05) is 26.7 Å². The molecule has 0 aromatic rings. The molecule has 0 radical (unpaired) electrons. The summed E-state index contributed by atoms with van der Waals surface area (Å²) < 4.78 is 28.9. The fourth-order valence-corrected chi connectivity index (χ4v) is 12.1. The number of hydrogen-bond donors (Lipinski definition) is 0. The molecule has 5 aliphatic carbocycles. The van der Waals surface area contributed by atoms with Crippen LogP contribution in [0.5, 0.6) is 0 Å². The molecule has 11 atom stereocenters. The van der Waals surface area contributed by atoms with Crippen LogP contribution in [-0.2, 0) is 47.7 Å². The van der Waals surface area contributed by atoms with Gasteiger partial charge in [-0.15, -0.1) is 0 Å². The Bertz CT molecular complexity index is 1420. The zero-order valence-corrected chi connectivity index (χ0v) is 30.8. The third-order valence-electron chi connectivity index (χ3n) is 14.3. The molecule has 0 bridgehead atoms. The van der Waals surface area contributed by atoms with Crippen LogP contribution in [0, 0.1) is 50.2 Å². The molecule has 5 rings (SSSR count). The van der Waals surface area contributed by atoms with E-state index < -0.39 is 63.8 Å². The van der Waals surface area contributed by atoms with Crippen LogP contribution < -0.4 is 0 Å². The van der Waals surface area contributed by atoms with Crippen LogP contribution in [0.3, 0.4) is 0 Å². The Morgan fingerprint density at radius 3 is 1.88 bits per heavy atom. The Hall–Kier alpha value is -2.91. The Balaban J connectivity index is 1.70. The van der Waals surface area contributed by atoms with Crippen molar-refractivity contribution in [3.63, 3.8) is 0 Å². The Labute approximate surface area is 285 Å². The molecule has 10 nitrogen and oxygen atoms in total. The fraction of sp³-hybridized carbons (Fsp3) is 0.816. The maximum Gasteiger partial charge on any atom is 0.316 e. The molecule has 4 saturated carbocycles. The molecule has 0 N–H and O–H groups in total. The van der Waals surface area contributed by atoms with Crippen molar-refractivity contribution in [3.8, 4) is 0 Å². The maximum absolute atomic E-state index is 13.9. The largest absolute Gasteiger partial charge is 0.468 e. The van der Waals surface area contributed by atoms with Crippen molar-refractivity contribution in [2.75, 3.05) is 14.2 Å². The first-order valence-corrected chi connectivity index (χ1v) is 17.6. The zero-order chi connectivity index (χ0) is 35.8. The van der Waals surface area contributed by atoms with Gasteiger partial charge in [0.25, 0.3) is 0 Å². The number of ether oxygens (including phenoxy) is 5. The number of carbonyl (C=O) groups is 5. The normalized spacial score (nSPS) is 44.2. The molecule has 4 fully saturated rings. The number of carbonyl (C=O) groups excluding carboxylic acids is 5. The first kappa shape index (κ1) is 36.4. The molecular weight excluding hydrogens is 616 g/mol. The van der Waals surface area contributed by atoms with Crippen molar-refractivity contribution < 1.29 is 47.7 Å². The van der Waals surface area contributed by atoms with E-state index in [2.05, 4.69) is 40.7 Å². The molecule has 11 unspecified atom stereocenters. The van der Waals surface area contributed by atoms with Gasteiger partial charge in [-0.2, -0.15) is 0 Å². The second-order valence-electron chi connectivity index (χ2n) is 17.2. The first-order valence-electron chi connectivity index (χ1n) is 17.6. The van der Waals surface area contributed by atoms with E-state index >= 15 is 0 Å². The fourth-order valence-electron chi connectivity index (χ4n) is 12.1. The Kier molecular flexibility index (Phi) is 8.99. The minimum atomic E-state index is -1.28. The van der Waals surface area contributed by atoms with Gasteiger partial charge in [-0.3, -0.25) is 24.0 Å². The summed E-state index contributed by atoms with van der Waals surface area (Å²) in [6.45, 7) is 17.1. The van der Waals surface area contributed by atoms with Crippen molar-refractivity contribution in [1.29, 1.82) is 0 Å². The lowest BCUT2D eigenvalue weighted by molar-refractivity contribution is -0.254. The minimum absolute atomic E-state index is 0.0121. The van der Waals surface area contributed by atoms with Crippen molar-refractivity contribution >= 4 is 29.8 Å². The highest BCUT2D eigenvalue weighted by Crippen LogP contribution is 2.76. The molecule has 5 aliphatic rings. The van der Waals surface area contributed by atoms with Gasteiger partial charge in [0.1, 0.15) is 23.0 Å². The van der Waals surface area contributed by atoms with Crippen LogP contribution in [0.1, 0.15) is 114 Å². The molecule has 10 heteroatoms. The predicted molar refractivity (Wildman–Crippen MR) is 175 cm³/mol. The van der Waals surface area contributed by atoms with E-state index in [0.29, 0.717) is 32.1 Å². The number of hydrogen-bond acceptors (Lipinski definition) is 10. The molecule has 268 valence electrons. The SMILES string of the molecule is COC(=O)C1(C)C(OC(C)=O)C(OC(C)=O)CC2(C)C1CCC1(C)C2CC=C2C3CC(C)(C)CCC3(C(=O)OC)C(OC(C)=O)CC21C. The molecule has 0 aromatic carbocycles. The zero-order valence-electron chi connectivity index (χ0n) is 30.8. The topological polar surface area (TPSA) is 132 Å². The molecular formula is C38H56O10. The summed E-state index contributed by atoms with van der Waals surface area (Å²) in [4.78, 5) is 65.5. The van der Waals surface area contributed by atoms with Crippen LogP contribution in [0.4, 0.5) is 0 Å². The molecule has 0 heterocycles. The van der Waals surface area contributed by atoms with Crippen LogP contribution in [0.15, 0.2) is 11.6 Å². The standard InChI is InChI=1S/C38H56O10/c1-21(39)46-26-19-34(6)27-13-12-24-25-18-33(4,5)16-17-38(25,32(43)45-11)29(47-22(2)40)20-36(24,8)35(27,7)15-14-28(34)37(9,31(42)44-10)30(26)48-23(3)41/h12,25-30H,13-20H2,1-11H3. The van der Waals surface area contributed by atoms with E-state index in [9.17, 15) is 24.0 Å². The van der Waals surface area contributed by atoms with Crippen molar-refractivity contribution in [2.45, 2.75) is 132 Å². The predicted octanol–water partition coefficient (Wildman–Crippen LogP) is 6.13. The van der Waals surface area contributed by atoms with Crippen molar-refractivity contribution in [1.82, 2.24) is 0 Å². The second kappa shape index (κ2) is 11.9. The number of rotatable bonds is 5. The second-order valence-corrected chi connectivity index (χ2v) is 17.2. The average Bonchev–Trinajstić information content (AvgIpc) is 2.97. The molecule has 0 aliphatic heterocycles. The summed E-state index contributed by atoms with van der Waals surface area (Å²) in [5.41, 5.74) is -2.40. The Morgan fingerprint density at radius 1 is 0.708 bits per heavy atom. The molecule has 0 amide bonds. The lowest BCUT2D eigenvalue weighted by atomic mass is 9.33. The van der Waals surface area contributed by atoms with Gasteiger partial charge in [0.15, 0.2) is 6.10 Å². The number of allylic oxidation sites excluding steroid dienone is 2. The molecule has 48 heavy (non-hydrogen) atoms. The van der Waals surface area contributed by atoms with Gasteiger partial charge in [-0.25, -0.2) is 0 Å². The smallest absolute Gasteiger partial charge is 0.316 e. The highest BCUT2D eigenvalue weighted by Gasteiger charge is 2.74. The third kappa shape index (κ3) is 5.04. The summed E-state index contributed by atoms with van der Waals surface area (Å²) in [5, 5.41) is 0. The monoisotopic (exact) mass is 672 g/mol. The maximum atomic E-state index is 13.9. The highest BCUT2D eigenvalue weighted by atomic mass is 16.6. The first-order chi connectivity index (χ1) is 22.2. The van der Waals surface area contributed by atoms with Gasteiger partial charge in [0.2, 0.25) is 0 Å². The van der Waals surface area contributed by atoms with E-state index in [1.54, 1.807) is 6.92 Å². The van der Waals surface area contributed by atoms with Crippen LogP contribution >= 0.6 is 0 Å². The van der Waals surface area contributed by atoms with E-state index in [0.717, 1.165) is 19.3 Å². The lowest BCUT2D eigenvalue weighted by Crippen LogP contribution is -2.71. The highest BCUT2D eigenvalue weighted by molar-refractivity contribution is 5.81. The Morgan fingerprint density at radius 2 is 1.31 bits per heavy atom. The summed E-state index contributed by atoms with van der Waals surface area (Å²) in [7, 11) is 2.76. The minimum Gasteiger partial charge on any atom is -0.468 e. The van der Waals surface area contributed by atoms with E-state index in [-0.39, 0.29) is 34.6 Å². The number of methoxy groups -OCH3 is 2. The molecule has 0 aromatic heterocycles. The average molecular weight is 673 g/mol. The molecule has 0 spiro atoms. The van der Waals surface area contributed by atoms with Gasteiger partial charge >= 0.3 is 29.8 Å². The number of fused-ring (bicyclic) bond motifs is 7. The summed E-state index contributed by atoms with van der Waals surface area (Å²) >= 11 is 0. The van der Waals surface area contributed by atoms with Gasteiger partial charge in [-0.05, 0) is 91.8 Å². The summed E-state index contributed by atoms with van der Waals surface area (Å²) in [6, 6.07) is 0. The number of esters is 5. The van der Waals surface area contributed by atoms with Crippen molar-refractivity contribution in [2.24, 2.45) is 50.2 Å². The molecule has 0 saturated heterocycles. The van der Waals surface area contributed by atoms with Gasteiger partial charge < -0.3 is 23.7 Å². The lowest BCUT2D eigenvalue weighted by Gasteiger charge is -2.71. The van der Waals surface area contributed by atoms with Crippen molar-refractivity contribution in [3.05, 3.63) is 11.6 Å². The van der Waals surface area contributed by atoms with Gasteiger partial charge in [-0.1, -0.05) is 46.3 Å². The quantitative estimate of drug-likeness (QED) is 0.191. The van der Waals surface area contributed by atoms with E-state index in [1.165, 1.54) is 40.6 Å². The summed E-state index contributed by atoms with van der Waals surface area (Å²) in [5.74, 6) is -2.72. The third-order valence-corrected chi connectivity index (χ3v) is 14.3. The van der Waals surface area contributed by atoms with Crippen LogP contribution in [-0.4, -0.2) is 62.4 Å². The van der Waals surface area contributed by atoms with Gasteiger partial charge in [0.05, 0.1) is 14.2 Å². The van der Waals surface area contributed by atoms with Crippen LogP contribution in [0.25, 0.3) is 0 Å². The summed E-state index contributed by atoms with van der Waals surface area (Å²) in [6.07, 6.45) is 4.90.